The quantitative estimate of drug-likeness (QED) is 0.820. The smallest absolute Gasteiger partial charge is 0.267 e. The first-order chi connectivity index (χ1) is 12.4. The second kappa shape index (κ2) is 7.45. The molecule has 1 unspecified atom stereocenters. The molecular formula is C19H24N2O5. The molecule has 1 fully saturated rings. The average Bonchev–Trinajstić information content (AvgIpc) is 2.64. The molecule has 3 rings (SSSR count). The fourth-order valence-electron chi connectivity index (χ4n) is 3.32. The number of likely N-dealkylation sites (N-methyl/N-ethyl adjacent to an activating group) is 1. The second-order valence-corrected chi connectivity index (χ2v) is 6.87. The number of hydrogen-bond acceptors (Lipinski definition) is 5. The number of rotatable bonds is 4. The van der Waals surface area contributed by atoms with Crippen LogP contribution in [0, 0.1) is 0 Å². The summed E-state index contributed by atoms with van der Waals surface area (Å²) in [5.41, 5.74) is 1.03. The highest BCUT2D eigenvalue weighted by molar-refractivity contribution is 6.03. The molecule has 1 atom stereocenters. The molecule has 1 saturated heterocycles. The molecule has 140 valence electrons. The van der Waals surface area contributed by atoms with E-state index in [4.69, 9.17) is 4.74 Å². The number of anilines is 1. The lowest BCUT2D eigenvalue weighted by atomic mass is 10.0. The summed E-state index contributed by atoms with van der Waals surface area (Å²) >= 11 is 0. The highest BCUT2D eigenvalue weighted by Crippen LogP contribution is 2.34. The molecular weight excluding hydrogens is 336 g/mol. The average molecular weight is 360 g/mol. The Bertz CT molecular complexity index is 725. The first-order valence-electron chi connectivity index (χ1n) is 8.94. The number of aliphatic hydroxyl groups is 1. The van der Waals surface area contributed by atoms with Gasteiger partial charge in [0, 0.05) is 38.5 Å². The number of ether oxygens (including phenoxy) is 1. The molecule has 1 aromatic rings. The van der Waals surface area contributed by atoms with Crippen molar-refractivity contribution in [2.75, 3.05) is 25.0 Å². The molecule has 1 aromatic carbocycles. The minimum atomic E-state index is -0.547. The van der Waals surface area contributed by atoms with Crippen LogP contribution in [0.1, 0.15) is 43.0 Å². The third-order valence-corrected chi connectivity index (χ3v) is 5.01. The van der Waals surface area contributed by atoms with E-state index < -0.39 is 6.10 Å². The molecule has 1 N–H and O–H groups in total. The van der Waals surface area contributed by atoms with Crippen molar-refractivity contribution in [2.24, 2.45) is 0 Å². The van der Waals surface area contributed by atoms with Gasteiger partial charge in [-0.3, -0.25) is 14.4 Å². The van der Waals surface area contributed by atoms with E-state index in [2.05, 4.69) is 0 Å². The first-order valence-corrected chi connectivity index (χ1v) is 8.94. The molecule has 7 nitrogen and oxygen atoms in total. The molecule has 2 heterocycles. The third-order valence-electron chi connectivity index (χ3n) is 5.01. The maximum Gasteiger partial charge on any atom is 0.267 e. The number of Topliss-reactive ketones (excluding diaryl/α,β-unsaturated/α-hetero) is 1. The van der Waals surface area contributed by atoms with Crippen molar-refractivity contribution in [3.63, 3.8) is 0 Å². The zero-order valence-corrected chi connectivity index (χ0v) is 15.1. The van der Waals surface area contributed by atoms with Gasteiger partial charge in [-0.1, -0.05) is 0 Å². The normalized spacial score (nSPS) is 20.6. The third kappa shape index (κ3) is 3.72. The van der Waals surface area contributed by atoms with Gasteiger partial charge in [-0.2, -0.15) is 0 Å². The van der Waals surface area contributed by atoms with Crippen LogP contribution in [0.15, 0.2) is 18.2 Å². The van der Waals surface area contributed by atoms with E-state index in [9.17, 15) is 19.5 Å². The van der Waals surface area contributed by atoms with Crippen LogP contribution >= 0.6 is 0 Å². The monoisotopic (exact) mass is 360 g/mol. The van der Waals surface area contributed by atoms with E-state index in [-0.39, 0.29) is 36.5 Å². The van der Waals surface area contributed by atoms with Crippen molar-refractivity contribution in [1.29, 1.82) is 0 Å². The maximum atomic E-state index is 12.5. The Morgan fingerprint density at radius 1 is 1.23 bits per heavy atom. The molecule has 2 amide bonds. The summed E-state index contributed by atoms with van der Waals surface area (Å²) in [6.07, 6.45) is 0.558. The zero-order valence-electron chi connectivity index (χ0n) is 15.1. The molecule has 0 saturated carbocycles. The number of likely N-dealkylation sites (tertiary alicyclic amines) is 1. The number of piperidine rings is 1. The minimum absolute atomic E-state index is 0.0623. The standard InChI is InChI=1S/C19H24N2O5/c1-12-19(25)20(2)15-11-13(3-5-17(15)26-12)16(23)4-6-18(24)21-9-7-14(22)8-10-21/h3,5,11-12,14,22H,4,6-10H2,1-2H3. The van der Waals surface area contributed by atoms with Crippen molar-refractivity contribution >= 4 is 23.3 Å². The van der Waals surface area contributed by atoms with Crippen molar-refractivity contribution < 1.29 is 24.2 Å². The second-order valence-electron chi connectivity index (χ2n) is 6.87. The molecule has 2 aliphatic heterocycles. The van der Waals surface area contributed by atoms with E-state index in [0.717, 1.165) is 0 Å². The number of nitrogens with zero attached hydrogens (tertiary/aromatic N) is 2. The highest BCUT2D eigenvalue weighted by atomic mass is 16.5. The zero-order chi connectivity index (χ0) is 18.8. The Morgan fingerprint density at radius 2 is 1.92 bits per heavy atom. The number of amides is 2. The topological polar surface area (TPSA) is 87.2 Å². The van der Waals surface area contributed by atoms with Gasteiger partial charge in [0.25, 0.3) is 5.91 Å². The Kier molecular flexibility index (Phi) is 5.27. The Balaban J connectivity index is 1.62. The summed E-state index contributed by atoms with van der Waals surface area (Å²) in [5, 5.41) is 9.50. The summed E-state index contributed by atoms with van der Waals surface area (Å²) in [4.78, 5) is 39.9. The van der Waals surface area contributed by atoms with Gasteiger partial charge in [0.05, 0.1) is 11.8 Å². The minimum Gasteiger partial charge on any atom is -0.479 e. The van der Waals surface area contributed by atoms with Crippen LogP contribution in [0.25, 0.3) is 0 Å². The fraction of sp³-hybridized carbons (Fsp3) is 0.526. The predicted molar refractivity (Wildman–Crippen MR) is 95.3 cm³/mol. The van der Waals surface area contributed by atoms with E-state index in [1.165, 1.54) is 4.90 Å². The lowest BCUT2D eigenvalue weighted by Crippen LogP contribution is -2.42. The van der Waals surface area contributed by atoms with Gasteiger partial charge in [0.1, 0.15) is 5.75 Å². The van der Waals surface area contributed by atoms with E-state index in [1.807, 2.05) is 0 Å². The van der Waals surface area contributed by atoms with Crippen molar-refractivity contribution in [2.45, 2.75) is 44.8 Å². The molecule has 0 bridgehead atoms. The molecule has 0 radical (unpaired) electrons. The number of benzene rings is 1. The van der Waals surface area contributed by atoms with Crippen molar-refractivity contribution in [1.82, 2.24) is 4.90 Å². The number of aliphatic hydroxyl groups excluding tert-OH is 1. The molecule has 0 aromatic heterocycles. The first kappa shape index (κ1) is 18.4. The van der Waals surface area contributed by atoms with E-state index in [0.29, 0.717) is 42.9 Å². The Labute approximate surface area is 152 Å². The van der Waals surface area contributed by atoms with Crippen LogP contribution in [0.5, 0.6) is 5.75 Å². The summed E-state index contributed by atoms with van der Waals surface area (Å²) in [6.45, 7) is 2.76. The van der Waals surface area contributed by atoms with Gasteiger partial charge < -0.3 is 19.6 Å². The van der Waals surface area contributed by atoms with E-state index >= 15 is 0 Å². The number of ketones is 1. The van der Waals surface area contributed by atoms with Crippen LogP contribution in [0.2, 0.25) is 0 Å². The summed E-state index contributed by atoms with van der Waals surface area (Å²) in [6, 6.07) is 5.00. The highest BCUT2D eigenvalue weighted by Gasteiger charge is 2.29. The van der Waals surface area contributed by atoms with Gasteiger partial charge in [-0.05, 0) is 38.0 Å². The molecule has 0 spiro atoms. The number of hydrogen-bond donors (Lipinski definition) is 1. The summed E-state index contributed by atoms with van der Waals surface area (Å²) in [7, 11) is 1.66. The molecule has 26 heavy (non-hydrogen) atoms. The lowest BCUT2D eigenvalue weighted by Gasteiger charge is -2.30. The van der Waals surface area contributed by atoms with Crippen LogP contribution in [0.3, 0.4) is 0 Å². The van der Waals surface area contributed by atoms with Crippen LogP contribution in [-0.4, -0.2) is 59.9 Å². The fourth-order valence-corrected chi connectivity index (χ4v) is 3.32. The molecule has 7 heteroatoms. The number of carbonyl (C=O) groups is 3. The Morgan fingerprint density at radius 3 is 2.62 bits per heavy atom. The summed E-state index contributed by atoms with van der Waals surface area (Å²) < 4.78 is 5.55. The van der Waals surface area contributed by atoms with E-state index in [1.54, 1.807) is 37.1 Å². The summed E-state index contributed by atoms with van der Waals surface area (Å²) in [5.74, 6) is 0.203. The van der Waals surface area contributed by atoms with Crippen LogP contribution < -0.4 is 9.64 Å². The lowest BCUT2D eigenvalue weighted by molar-refractivity contribution is -0.133. The van der Waals surface area contributed by atoms with Gasteiger partial charge >= 0.3 is 0 Å². The largest absolute Gasteiger partial charge is 0.479 e. The SMILES string of the molecule is CC1Oc2ccc(C(=O)CCC(=O)N3CCC(O)CC3)cc2N(C)C1=O. The number of fused-ring (bicyclic) bond motifs is 1. The van der Waals surface area contributed by atoms with Gasteiger partial charge in [-0.25, -0.2) is 0 Å². The predicted octanol–water partition coefficient (Wildman–Crippen LogP) is 1.38. The van der Waals surface area contributed by atoms with Crippen LogP contribution in [-0.2, 0) is 9.59 Å². The van der Waals surface area contributed by atoms with Crippen molar-refractivity contribution in [3.8, 4) is 5.75 Å². The molecule has 0 aliphatic carbocycles. The van der Waals surface area contributed by atoms with Crippen LogP contribution in [0.4, 0.5) is 5.69 Å². The van der Waals surface area contributed by atoms with Gasteiger partial charge in [0.15, 0.2) is 11.9 Å². The van der Waals surface area contributed by atoms with Gasteiger partial charge in [-0.15, -0.1) is 0 Å². The van der Waals surface area contributed by atoms with Crippen molar-refractivity contribution in [3.05, 3.63) is 23.8 Å². The Hall–Kier alpha value is -2.41. The molecule has 2 aliphatic rings. The van der Waals surface area contributed by atoms with Gasteiger partial charge in [0.2, 0.25) is 5.91 Å². The number of carbonyl (C=O) groups excluding carboxylic acids is 3. The maximum absolute atomic E-state index is 12.5.